The average molecular weight is 465 g/mol. The Hall–Kier alpha value is -1.31. The Morgan fingerprint density at radius 1 is 0.929 bits per heavy atom. The molecule has 2 atom stereocenters. The van der Waals surface area contributed by atoms with Crippen LogP contribution in [0, 0.1) is 5.92 Å². The van der Waals surface area contributed by atoms with Gasteiger partial charge in [-0.3, -0.25) is 0 Å². The van der Waals surface area contributed by atoms with Crippen molar-refractivity contribution in [1.82, 2.24) is 4.98 Å². The van der Waals surface area contributed by atoms with E-state index in [1.807, 2.05) is 12.3 Å². The Morgan fingerprint density at radius 3 is 2.21 bits per heavy atom. The monoisotopic (exact) mass is 463 g/mol. The van der Waals surface area contributed by atoms with E-state index in [1.54, 1.807) is 14.4 Å². The van der Waals surface area contributed by atoms with Crippen molar-refractivity contribution in [2.75, 3.05) is 0 Å². The van der Waals surface area contributed by atoms with Crippen LogP contribution in [0.3, 0.4) is 0 Å². The molecule has 2 aliphatic rings. The summed E-state index contributed by atoms with van der Waals surface area (Å²) in [7, 11) is 0. The zero-order valence-electron chi connectivity index (χ0n) is 18.0. The van der Waals surface area contributed by atoms with Crippen molar-refractivity contribution in [3.05, 3.63) is 91.6 Å². The topological polar surface area (TPSA) is 12.9 Å². The fourth-order valence-corrected chi connectivity index (χ4v) is 24.2. The molecule has 0 radical (unpaired) electrons. The van der Waals surface area contributed by atoms with Crippen LogP contribution in [0.15, 0.2) is 74.7 Å². The first kappa shape index (κ1) is 20.0. The summed E-state index contributed by atoms with van der Waals surface area (Å²) in [5, 5.41) is 0. The number of rotatable bonds is 3. The van der Waals surface area contributed by atoms with Crippen molar-refractivity contribution in [3.8, 4) is 0 Å². The molecule has 0 saturated carbocycles. The molecule has 3 heteroatoms. The quantitative estimate of drug-likeness (QED) is 0.496. The van der Waals surface area contributed by atoms with E-state index in [0.29, 0.717) is 9.54 Å². The second-order valence-corrected chi connectivity index (χ2v) is 39.3. The molecule has 144 valence electrons. The normalized spacial score (nSPS) is 22.6. The average Bonchev–Trinajstić information content (AvgIpc) is 3.16. The van der Waals surface area contributed by atoms with Gasteiger partial charge in [0.25, 0.3) is 0 Å². The van der Waals surface area contributed by atoms with E-state index in [1.165, 1.54) is 22.3 Å². The number of fused-ring (bicyclic) bond motifs is 1. The molecule has 2 aliphatic carbocycles. The number of pyridine rings is 1. The molecule has 2 unspecified atom stereocenters. The van der Waals surface area contributed by atoms with Crippen molar-refractivity contribution < 1.29 is 17.4 Å². The third-order valence-corrected chi connectivity index (χ3v) is 24.7. The number of nitrogens with zero attached hydrogens (tertiary/aromatic N) is 1. The van der Waals surface area contributed by atoms with E-state index in [0.717, 1.165) is 5.69 Å². The molecule has 1 aromatic heterocycles. The first-order valence-corrected chi connectivity index (χ1v) is 23.8. The van der Waals surface area contributed by atoms with Crippen LogP contribution in [0.5, 0.6) is 0 Å². The summed E-state index contributed by atoms with van der Waals surface area (Å²) >= 11 is -3.31. The van der Waals surface area contributed by atoms with Gasteiger partial charge >= 0.3 is 173 Å². The van der Waals surface area contributed by atoms with Crippen molar-refractivity contribution in [2.45, 2.75) is 40.6 Å². The van der Waals surface area contributed by atoms with Gasteiger partial charge in [-0.25, -0.2) is 0 Å². The van der Waals surface area contributed by atoms with Gasteiger partial charge in [0.15, 0.2) is 0 Å². The predicted molar refractivity (Wildman–Crippen MR) is 121 cm³/mol. The standard InChI is InChI=1S/C14H10N.C9H13.2CH3.H2Si.Zr/c1-2-6-12-11(5-1)8-9-13(12)14-7-3-4-10-15-14;1-6-5-7(2)9(4)8(6)3;;;;/h1-10H;6H,1-4H3;2*1H3;1H2;. The SMILES string of the molecule is CC1=C(C)C(C)[C]([Zr]([CH3])([CH3])(=[SiH2])[CH]2C=C(c3ccccn3)c3ccccc32)=C1C. The number of hydrogen-bond donors (Lipinski definition) is 0. The molecule has 1 heterocycles. The van der Waals surface area contributed by atoms with Gasteiger partial charge < -0.3 is 0 Å². The van der Waals surface area contributed by atoms with Crippen molar-refractivity contribution in [3.63, 3.8) is 0 Å². The van der Waals surface area contributed by atoms with E-state index in [2.05, 4.69) is 91.3 Å². The molecular formula is C25H31NSiZr. The van der Waals surface area contributed by atoms with Gasteiger partial charge in [0.05, 0.1) is 0 Å². The molecule has 4 rings (SSSR count). The summed E-state index contributed by atoms with van der Waals surface area (Å²) in [5.41, 5.74) is 10.00. The number of aromatic nitrogens is 1. The molecule has 0 spiro atoms. The molecular weight excluding hydrogens is 434 g/mol. The van der Waals surface area contributed by atoms with Crippen LogP contribution in [-0.4, -0.2) is 11.9 Å². The van der Waals surface area contributed by atoms with E-state index in [4.69, 9.17) is 0 Å². The van der Waals surface area contributed by atoms with E-state index in [-0.39, 0.29) is 0 Å². The van der Waals surface area contributed by atoms with Crippen LogP contribution in [-0.2, 0) is 17.4 Å². The van der Waals surface area contributed by atoms with Gasteiger partial charge in [-0.2, -0.15) is 0 Å². The second-order valence-electron chi connectivity index (χ2n) is 9.74. The van der Waals surface area contributed by atoms with E-state index in [9.17, 15) is 0 Å². The van der Waals surface area contributed by atoms with Gasteiger partial charge in [-0.15, -0.1) is 0 Å². The molecule has 0 amide bonds. The van der Waals surface area contributed by atoms with Crippen LogP contribution in [0.1, 0.15) is 48.1 Å². The summed E-state index contributed by atoms with van der Waals surface area (Å²) in [6.07, 6.45) is 4.48. The third kappa shape index (κ3) is 2.85. The Morgan fingerprint density at radius 2 is 1.61 bits per heavy atom. The second kappa shape index (κ2) is 6.61. The predicted octanol–water partition coefficient (Wildman–Crippen LogP) is 6.16. The first-order chi connectivity index (χ1) is 13.1. The summed E-state index contributed by atoms with van der Waals surface area (Å²) < 4.78 is 7.66. The molecule has 2 aromatic rings. The fourth-order valence-electron chi connectivity index (χ4n) is 5.73. The van der Waals surface area contributed by atoms with Crippen LogP contribution in [0.2, 0.25) is 9.26 Å². The van der Waals surface area contributed by atoms with E-state index >= 15 is 0 Å². The summed E-state index contributed by atoms with van der Waals surface area (Å²) in [4.78, 5) is 4.69. The van der Waals surface area contributed by atoms with Gasteiger partial charge in [0, 0.05) is 0 Å². The zero-order chi connectivity index (χ0) is 20.3. The number of benzene rings is 1. The number of allylic oxidation sites excluding steroid dienone is 5. The Labute approximate surface area is 172 Å². The first-order valence-electron chi connectivity index (χ1n) is 10.3. The maximum atomic E-state index is 4.69. The third-order valence-electron chi connectivity index (χ3n) is 7.38. The minimum atomic E-state index is -3.31. The van der Waals surface area contributed by atoms with E-state index < -0.39 is 17.4 Å². The van der Waals surface area contributed by atoms with Gasteiger partial charge in [0.1, 0.15) is 0 Å². The molecule has 0 fully saturated rings. The summed E-state index contributed by atoms with van der Waals surface area (Å²) in [5.74, 6) is 0.581. The molecule has 28 heavy (non-hydrogen) atoms. The Bertz CT molecular complexity index is 1130. The van der Waals surface area contributed by atoms with Crippen molar-refractivity contribution in [2.24, 2.45) is 5.92 Å². The van der Waals surface area contributed by atoms with Gasteiger partial charge in [-0.05, 0) is 0 Å². The van der Waals surface area contributed by atoms with Crippen LogP contribution >= 0.6 is 0 Å². The molecule has 1 nitrogen and oxygen atoms in total. The molecule has 0 aliphatic heterocycles. The Balaban J connectivity index is 1.94. The number of hydrogen-bond acceptors (Lipinski definition) is 1. The summed E-state index contributed by atoms with van der Waals surface area (Å²) in [6, 6.07) is 15.3. The van der Waals surface area contributed by atoms with Crippen LogP contribution in [0.4, 0.5) is 0 Å². The Kier molecular flexibility index (Phi) is 4.71. The van der Waals surface area contributed by atoms with Crippen molar-refractivity contribution >= 4 is 12.5 Å². The van der Waals surface area contributed by atoms with Crippen LogP contribution in [0.25, 0.3) is 5.57 Å². The minimum absolute atomic E-state index is 0.527. The molecule has 0 bridgehead atoms. The maximum absolute atomic E-state index is 4.69. The molecule has 1 aromatic carbocycles. The van der Waals surface area contributed by atoms with Crippen molar-refractivity contribution in [1.29, 1.82) is 0 Å². The summed E-state index contributed by atoms with van der Waals surface area (Å²) in [6.45, 7) is 11.8. The van der Waals surface area contributed by atoms with Gasteiger partial charge in [-0.1, -0.05) is 0 Å². The zero-order valence-corrected chi connectivity index (χ0v) is 21.9. The molecule has 0 N–H and O–H groups in total. The fraction of sp³-hybridized carbons (Fsp3) is 0.320. The molecule has 0 saturated heterocycles. The van der Waals surface area contributed by atoms with Gasteiger partial charge in [0.2, 0.25) is 0 Å². The van der Waals surface area contributed by atoms with Crippen LogP contribution < -0.4 is 0 Å².